The van der Waals surface area contributed by atoms with Gasteiger partial charge in [-0.15, -0.1) is 11.8 Å². The third-order valence-electron chi connectivity index (χ3n) is 1.97. The Morgan fingerprint density at radius 2 is 2.46 bits per heavy atom. The number of pyridine rings is 1. The first-order valence-corrected chi connectivity index (χ1v) is 6.09. The zero-order valence-electron chi connectivity index (χ0n) is 7.33. The fourth-order valence-corrected chi connectivity index (χ4v) is 2.76. The molecule has 13 heavy (non-hydrogen) atoms. The highest BCUT2D eigenvalue weighted by Gasteiger charge is 2.22. The van der Waals surface area contributed by atoms with Crippen LogP contribution in [0.2, 0.25) is 0 Å². The van der Waals surface area contributed by atoms with Crippen molar-refractivity contribution < 1.29 is 0 Å². The second-order valence-corrected chi connectivity index (χ2v) is 5.24. The van der Waals surface area contributed by atoms with E-state index in [-0.39, 0.29) is 0 Å². The van der Waals surface area contributed by atoms with Gasteiger partial charge in [0.15, 0.2) is 0 Å². The second kappa shape index (κ2) is 3.98. The summed E-state index contributed by atoms with van der Waals surface area (Å²) in [5, 5.41) is 3.85. The Hall–Kier alpha value is -0.0600. The molecule has 4 heteroatoms. The average molecular weight is 259 g/mol. The van der Waals surface area contributed by atoms with Crippen molar-refractivity contribution in [1.29, 1.82) is 0 Å². The van der Waals surface area contributed by atoms with Crippen molar-refractivity contribution in [2.24, 2.45) is 0 Å². The highest BCUT2D eigenvalue weighted by molar-refractivity contribution is 9.10. The summed E-state index contributed by atoms with van der Waals surface area (Å²) in [4.78, 5) is 4.36. The molecule has 1 aromatic rings. The third-order valence-corrected chi connectivity index (χ3v) is 3.84. The number of nitrogens with zero attached hydrogens (tertiary/aromatic N) is 1. The summed E-state index contributed by atoms with van der Waals surface area (Å²) in [6, 6.07) is 4.70. The van der Waals surface area contributed by atoms with Crippen LogP contribution in [0.5, 0.6) is 0 Å². The third kappa shape index (κ3) is 2.24. The van der Waals surface area contributed by atoms with E-state index in [9.17, 15) is 0 Å². The van der Waals surface area contributed by atoms with Gasteiger partial charge in [-0.2, -0.15) is 0 Å². The summed E-state index contributed by atoms with van der Waals surface area (Å²) < 4.78 is 1.03. The second-order valence-electron chi connectivity index (χ2n) is 3.18. The van der Waals surface area contributed by atoms with E-state index in [1.54, 1.807) is 0 Å². The lowest BCUT2D eigenvalue weighted by Gasteiger charge is -2.09. The molecule has 0 aliphatic carbocycles. The van der Waals surface area contributed by atoms with E-state index >= 15 is 0 Å². The predicted molar refractivity (Wildman–Crippen MR) is 59.7 cm³/mol. The van der Waals surface area contributed by atoms with E-state index in [2.05, 4.69) is 39.2 Å². The summed E-state index contributed by atoms with van der Waals surface area (Å²) in [5.74, 6) is 1.17. The van der Waals surface area contributed by atoms with Gasteiger partial charge in [0.1, 0.15) is 0 Å². The van der Waals surface area contributed by atoms with Gasteiger partial charge in [0.25, 0.3) is 0 Å². The Kier molecular flexibility index (Phi) is 2.91. The number of thioether (sulfide) groups is 1. The highest BCUT2D eigenvalue weighted by atomic mass is 79.9. The molecule has 1 aliphatic heterocycles. The minimum atomic E-state index is 0.378. The van der Waals surface area contributed by atoms with Crippen molar-refractivity contribution in [2.45, 2.75) is 18.3 Å². The Morgan fingerprint density at radius 1 is 1.62 bits per heavy atom. The van der Waals surface area contributed by atoms with Gasteiger partial charge in [-0.05, 0) is 35.0 Å². The van der Waals surface area contributed by atoms with E-state index < -0.39 is 0 Å². The zero-order valence-corrected chi connectivity index (χ0v) is 9.73. The highest BCUT2D eigenvalue weighted by Crippen LogP contribution is 2.31. The molecule has 2 atom stereocenters. The summed E-state index contributed by atoms with van der Waals surface area (Å²) in [7, 11) is 0. The van der Waals surface area contributed by atoms with Crippen molar-refractivity contribution in [3.63, 3.8) is 0 Å². The van der Waals surface area contributed by atoms with E-state index in [1.807, 2.05) is 24.0 Å². The molecule has 1 fully saturated rings. The van der Waals surface area contributed by atoms with Gasteiger partial charge in [0.05, 0.1) is 11.1 Å². The first-order chi connectivity index (χ1) is 6.25. The summed E-state index contributed by atoms with van der Waals surface area (Å²) in [6.45, 7) is 2.20. The smallest absolute Gasteiger partial charge is 0.0964 e. The molecule has 1 saturated heterocycles. The number of hydrogen-bond acceptors (Lipinski definition) is 3. The maximum absolute atomic E-state index is 4.36. The first-order valence-electron chi connectivity index (χ1n) is 4.25. The Morgan fingerprint density at radius 3 is 3.00 bits per heavy atom. The minimum absolute atomic E-state index is 0.378. The van der Waals surface area contributed by atoms with Crippen LogP contribution >= 0.6 is 27.7 Å². The molecule has 0 amide bonds. The van der Waals surface area contributed by atoms with Crippen LogP contribution in [0.3, 0.4) is 0 Å². The van der Waals surface area contributed by atoms with Crippen LogP contribution < -0.4 is 5.32 Å². The van der Waals surface area contributed by atoms with Crippen LogP contribution in [0.25, 0.3) is 0 Å². The summed E-state index contributed by atoms with van der Waals surface area (Å²) in [5.41, 5.74) is 1.12. The SMILES string of the molecule is CC1CSC(c2ccc(Br)cn2)N1. The Balaban J connectivity index is 2.13. The van der Waals surface area contributed by atoms with Crippen LogP contribution in [0, 0.1) is 0 Å². The molecule has 70 valence electrons. The summed E-state index contributed by atoms with van der Waals surface area (Å²) >= 11 is 5.30. The van der Waals surface area contributed by atoms with Crippen LogP contribution in [0.4, 0.5) is 0 Å². The quantitative estimate of drug-likeness (QED) is 0.839. The minimum Gasteiger partial charge on any atom is -0.297 e. The van der Waals surface area contributed by atoms with E-state index in [0.29, 0.717) is 11.4 Å². The molecule has 0 bridgehead atoms. The standard InChI is InChI=1S/C9H11BrN2S/c1-6-5-13-9(12-6)8-3-2-7(10)4-11-8/h2-4,6,9,12H,5H2,1H3. The van der Waals surface area contributed by atoms with Gasteiger partial charge >= 0.3 is 0 Å². The number of rotatable bonds is 1. The van der Waals surface area contributed by atoms with Crippen LogP contribution in [0.1, 0.15) is 18.0 Å². The molecule has 1 aromatic heterocycles. The fourth-order valence-electron chi connectivity index (χ4n) is 1.31. The Bertz CT molecular complexity index is 288. The van der Waals surface area contributed by atoms with Crippen LogP contribution in [-0.2, 0) is 0 Å². The van der Waals surface area contributed by atoms with Gasteiger partial charge in [-0.3, -0.25) is 10.3 Å². The van der Waals surface area contributed by atoms with Crippen LogP contribution in [-0.4, -0.2) is 16.8 Å². The lowest BCUT2D eigenvalue weighted by Crippen LogP contribution is -2.22. The van der Waals surface area contributed by atoms with E-state index in [1.165, 1.54) is 5.75 Å². The fraction of sp³-hybridized carbons (Fsp3) is 0.444. The number of hydrogen-bond donors (Lipinski definition) is 1. The average Bonchev–Trinajstić information content (AvgIpc) is 2.53. The molecular formula is C9H11BrN2S. The molecular weight excluding hydrogens is 248 g/mol. The lowest BCUT2D eigenvalue weighted by atomic mass is 10.3. The van der Waals surface area contributed by atoms with Gasteiger partial charge in [-0.1, -0.05) is 0 Å². The maximum Gasteiger partial charge on any atom is 0.0964 e. The van der Waals surface area contributed by atoms with Crippen molar-refractivity contribution in [2.75, 3.05) is 5.75 Å². The number of nitrogens with one attached hydrogen (secondary N) is 1. The Labute approximate surface area is 90.6 Å². The van der Waals surface area contributed by atoms with Gasteiger partial charge < -0.3 is 0 Å². The zero-order chi connectivity index (χ0) is 9.26. The molecule has 2 nitrogen and oxygen atoms in total. The molecule has 1 N–H and O–H groups in total. The van der Waals surface area contributed by atoms with Gasteiger partial charge in [0.2, 0.25) is 0 Å². The lowest BCUT2D eigenvalue weighted by molar-refractivity contribution is 0.610. The maximum atomic E-state index is 4.36. The molecule has 0 spiro atoms. The molecule has 2 heterocycles. The van der Waals surface area contributed by atoms with Gasteiger partial charge in [-0.25, -0.2) is 0 Å². The predicted octanol–water partition coefficient (Wildman–Crippen LogP) is 2.57. The molecule has 2 rings (SSSR count). The van der Waals surface area contributed by atoms with Gasteiger partial charge in [0, 0.05) is 22.5 Å². The number of halogens is 1. The first kappa shape index (κ1) is 9.49. The monoisotopic (exact) mass is 258 g/mol. The van der Waals surface area contributed by atoms with E-state index in [4.69, 9.17) is 0 Å². The number of aromatic nitrogens is 1. The van der Waals surface area contributed by atoms with Crippen molar-refractivity contribution >= 4 is 27.7 Å². The van der Waals surface area contributed by atoms with E-state index in [0.717, 1.165) is 10.2 Å². The molecule has 0 aromatic carbocycles. The van der Waals surface area contributed by atoms with Crippen molar-refractivity contribution in [3.05, 3.63) is 28.5 Å². The summed E-state index contributed by atoms with van der Waals surface area (Å²) in [6.07, 6.45) is 1.85. The molecule has 0 radical (unpaired) electrons. The topological polar surface area (TPSA) is 24.9 Å². The molecule has 1 aliphatic rings. The van der Waals surface area contributed by atoms with Crippen LogP contribution in [0.15, 0.2) is 22.8 Å². The molecule has 2 unspecified atom stereocenters. The molecule has 0 saturated carbocycles. The van der Waals surface area contributed by atoms with Crippen molar-refractivity contribution in [1.82, 2.24) is 10.3 Å². The largest absolute Gasteiger partial charge is 0.297 e. The van der Waals surface area contributed by atoms with Crippen molar-refractivity contribution in [3.8, 4) is 0 Å². The normalized spacial score (nSPS) is 27.8.